The van der Waals surface area contributed by atoms with Crippen molar-refractivity contribution in [1.82, 2.24) is 15.4 Å². The van der Waals surface area contributed by atoms with Crippen molar-refractivity contribution in [3.05, 3.63) is 24.3 Å². The monoisotopic (exact) mass is 426 g/mol. The molecule has 1 aromatic carbocycles. The maximum Gasteiger partial charge on any atom is 0.262 e. The molecule has 0 bridgehead atoms. The average Bonchev–Trinajstić information content (AvgIpc) is 2.95. The van der Waals surface area contributed by atoms with E-state index in [0.717, 1.165) is 0 Å². The van der Waals surface area contributed by atoms with Crippen LogP contribution in [0.5, 0.6) is 0 Å². The lowest BCUT2D eigenvalue weighted by Crippen LogP contribution is -2.48. The molecule has 0 aliphatic carbocycles. The average molecular weight is 427 g/mol. The fourth-order valence-electron chi connectivity index (χ4n) is 2.39. The van der Waals surface area contributed by atoms with Crippen molar-refractivity contribution in [3.8, 4) is 0 Å². The quantitative estimate of drug-likeness (QED) is 0.527. The van der Waals surface area contributed by atoms with Crippen LogP contribution in [0.3, 0.4) is 0 Å². The number of hydrogen-bond donors (Lipinski definition) is 4. The van der Waals surface area contributed by atoms with Crippen LogP contribution in [0, 0.1) is 0 Å². The molecule has 1 fully saturated rings. The molecule has 1 aromatic rings. The third-order valence-electron chi connectivity index (χ3n) is 3.86. The molecule has 2 amide bonds. The first-order chi connectivity index (χ1) is 12.0. The largest absolute Gasteiger partial charge is 0.343 e. The van der Waals surface area contributed by atoms with Crippen molar-refractivity contribution in [1.29, 1.82) is 0 Å². The molecule has 27 heavy (non-hydrogen) atoms. The highest BCUT2D eigenvalue weighted by Crippen LogP contribution is 2.25. The Labute approximate surface area is 161 Å². The number of carbonyl (C=O) groups is 2. The van der Waals surface area contributed by atoms with Gasteiger partial charge in [0.1, 0.15) is 6.04 Å². The first-order valence-electron chi connectivity index (χ1n) is 7.80. The van der Waals surface area contributed by atoms with Crippen molar-refractivity contribution >= 4 is 39.9 Å². The van der Waals surface area contributed by atoms with Crippen LogP contribution >= 0.6 is 12.4 Å². The zero-order chi connectivity index (χ0) is 19.5. The predicted molar refractivity (Wildman–Crippen MR) is 97.5 cm³/mol. The number of hydrogen-bond acceptors (Lipinski definition) is 5. The summed E-state index contributed by atoms with van der Waals surface area (Å²) >= 11 is 0. The van der Waals surface area contributed by atoms with E-state index in [1.807, 2.05) is 0 Å². The molecule has 0 aromatic heterocycles. The molecule has 2 atom stereocenters. The van der Waals surface area contributed by atoms with Gasteiger partial charge in [0.15, 0.2) is 0 Å². The SMILES string of the molecule is CNS(=O)(=O)c1cccc(NC(=O)C(C)NC(=O)C2CC(F)(F)CN2)c1.Cl. The lowest BCUT2D eigenvalue weighted by atomic mass is 10.1. The molecular weight excluding hydrogens is 406 g/mol. The molecule has 4 N–H and O–H groups in total. The first-order valence-corrected chi connectivity index (χ1v) is 9.28. The van der Waals surface area contributed by atoms with Gasteiger partial charge in [-0.05, 0) is 32.2 Å². The maximum atomic E-state index is 13.1. The number of benzene rings is 1. The van der Waals surface area contributed by atoms with Crippen LogP contribution in [0.1, 0.15) is 13.3 Å². The van der Waals surface area contributed by atoms with Crippen molar-refractivity contribution < 1.29 is 26.8 Å². The molecule has 0 spiro atoms. The predicted octanol–water partition coefficient (Wildman–Crippen LogP) is 0.457. The smallest absolute Gasteiger partial charge is 0.262 e. The van der Waals surface area contributed by atoms with Gasteiger partial charge in [-0.3, -0.25) is 14.9 Å². The number of amides is 2. The van der Waals surface area contributed by atoms with E-state index in [-0.39, 0.29) is 23.0 Å². The molecule has 12 heteroatoms. The minimum atomic E-state index is -3.67. The number of halogens is 3. The zero-order valence-electron chi connectivity index (χ0n) is 14.6. The molecule has 2 rings (SSSR count). The van der Waals surface area contributed by atoms with Gasteiger partial charge < -0.3 is 10.6 Å². The van der Waals surface area contributed by atoms with Gasteiger partial charge in [0, 0.05) is 12.1 Å². The third kappa shape index (κ3) is 6.09. The molecule has 2 unspecified atom stereocenters. The number of anilines is 1. The van der Waals surface area contributed by atoms with Gasteiger partial charge in [-0.25, -0.2) is 21.9 Å². The van der Waals surface area contributed by atoms with E-state index in [2.05, 4.69) is 20.7 Å². The fraction of sp³-hybridized carbons (Fsp3) is 0.467. The minimum absolute atomic E-state index is 0. The van der Waals surface area contributed by atoms with E-state index in [1.54, 1.807) is 0 Å². The van der Waals surface area contributed by atoms with Gasteiger partial charge in [-0.2, -0.15) is 0 Å². The summed E-state index contributed by atoms with van der Waals surface area (Å²) in [5.74, 6) is -4.26. The van der Waals surface area contributed by atoms with Crippen molar-refractivity contribution in [2.24, 2.45) is 0 Å². The number of rotatable bonds is 6. The van der Waals surface area contributed by atoms with E-state index >= 15 is 0 Å². The Morgan fingerprint density at radius 3 is 2.56 bits per heavy atom. The Bertz CT molecular complexity index is 807. The topological polar surface area (TPSA) is 116 Å². The second kappa shape index (κ2) is 8.91. The van der Waals surface area contributed by atoms with Gasteiger partial charge in [-0.15, -0.1) is 12.4 Å². The molecule has 1 saturated heterocycles. The molecule has 8 nitrogen and oxygen atoms in total. The lowest BCUT2D eigenvalue weighted by Gasteiger charge is -2.17. The van der Waals surface area contributed by atoms with E-state index in [9.17, 15) is 26.8 Å². The lowest BCUT2D eigenvalue weighted by molar-refractivity contribution is -0.127. The van der Waals surface area contributed by atoms with E-state index < -0.39 is 52.8 Å². The molecule has 0 radical (unpaired) electrons. The summed E-state index contributed by atoms with van der Waals surface area (Å²) in [5, 5.41) is 7.24. The highest BCUT2D eigenvalue weighted by molar-refractivity contribution is 7.89. The molecule has 1 heterocycles. The summed E-state index contributed by atoms with van der Waals surface area (Å²) in [4.78, 5) is 24.1. The van der Waals surface area contributed by atoms with E-state index in [0.29, 0.717) is 0 Å². The van der Waals surface area contributed by atoms with Crippen molar-refractivity contribution in [2.75, 3.05) is 18.9 Å². The Morgan fingerprint density at radius 1 is 1.33 bits per heavy atom. The van der Waals surface area contributed by atoms with Gasteiger partial charge in [0.2, 0.25) is 21.8 Å². The van der Waals surface area contributed by atoms with Crippen LogP contribution in [0.4, 0.5) is 14.5 Å². The Hall–Kier alpha value is -1.82. The van der Waals surface area contributed by atoms with Crippen LogP contribution in [-0.2, 0) is 19.6 Å². The molecule has 152 valence electrons. The number of carbonyl (C=O) groups excluding carboxylic acids is 2. The van der Waals surface area contributed by atoms with E-state index in [1.165, 1.54) is 38.2 Å². The highest BCUT2D eigenvalue weighted by Gasteiger charge is 2.42. The Morgan fingerprint density at radius 2 is 2.00 bits per heavy atom. The standard InChI is InChI=1S/C15H20F2N4O4S.ClH/c1-9(20-14(23)12-7-15(16,17)8-19-12)13(22)21-10-4-3-5-11(6-10)26(24,25)18-2;/h3-6,9,12,18-19H,7-8H2,1-2H3,(H,20,23)(H,21,22);1H. The summed E-state index contributed by atoms with van der Waals surface area (Å²) in [6.45, 7) is 0.812. The van der Waals surface area contributed by atoms with E-state index in [4.69, 9.17) is 0 Å². The van der Waals surface area contributed by atoms with Crippen LogP contribution in [0.25, 0.3) is 0 Å². The van der Waals surface area contributed by atoms with Crippen molar-refractivity contribution in [3.63, 3.8) is 0 Å². The molecule has 1 aliphatic heterocycles. The number of nitrogens with one attached hydrogen (secondary N) is 4. The normalized spacial score (nSPS) is 19.6. The highest BCUT2D eigenvalue weighted by atomic mass is 35.5. The van der Waals surface area contributed by atoms with Crippen LogP contribution in [0.2, 0.25) is 0 Å². The zero-order valence-corrected chi connectivity index (χ0v) is 16.2. The van der Waals surface area contributed by atoms with Gasteiger partial charge >= 0.3 is 0 Å². The summed E-state index contributed by atoms with van der Waals surface area (Å²) in [5.41, 5.74) is 0.220. The number of sulfonamides is 1. The first kappa shape index (κ1) is 23.2. The van der Waals surface area contributed by atoms with Gasteiger partial charge in [0.25, 0.3) is 5.92 Å². The Balaban J connectivity index is 0.00000364. The summed E-state index contributed by atoms with van der Waals surface area (Å²) in [7, 11) is -2.41. The summed E-state index contributed by atoms with van der Waals surface area (Å²) in [6, 6.07) is 3.50. The molecular formula is C15H21ClF2N4O4S. The molecule has 0 saturated carbocycles. The van der Waals surface area contributed by atoms with Crippen LogP contribution in [-0.4, -0.2) is 51.8 Å². The maximum absolute atomic E-state index is 13.1. The second-order valence-corrected chi connectivity index (χ2v) is 7.84. The van der Waals surface area contributed by atoms with Crippen molar-refractivity contribution in [2.45, 2.75) is 36.2 Å². The van der Waals surface area contributed by atoms with Gasteiger partial charge in [-0.1, -0.05) is 6.07 Å². The fourth-order valence-corrected chi connectivity index (χ4v) is 3.17. The second-order valence-electron chi connectivity index (χ2n) is 5.95. The Kier molecular flexibility index (Phi) is 7.66. The minimum Gasteiger partial charge on any atom is -0.343 e. The number of alkyl halides is 2. The third-order valence-corrected chi connectivity index (χ3v) is 5.27. The van der Waals surface area contributed by atoms with Crippen LogP contribution in [0.15, 0.2) is 29.2 Å². The summed E-state index contributed by atoms with van der Waals surface area (Å²) < 4.78 is 51.9. The van der Waals surface area contributed by atoms with Gasteiger partial charge in [0.05, 0.1) is 17.5 Å². The molecule has 1 aliphatic rings. The summed E-state index contributed by atoms with van der Waals surface area (Å²) in [6.07, 6.45) is -0.628. The van der Waals surface area contributed by atoms with Crippen LogP contribution < -0.4 is 20.7 Å².